The molecule has 2 rings (SSSR count). The third-order valence-electron chi connectivity index (χ3n) is 4.24. The van der Waals surface area contributed by atoms with Gasteiger partial charge in [0, 0.05) is 12.1 Å². The van der Waals surface area contributed by atoms with Gasteiger partial charge in [-0.1, -0.05) is 43.5 Å². The van der Waals surface area contributed by atoms with Crippen LogP contribution < -0.4 is 11.1 Å². The predicted octanol–water partition coefficient (Wildman–Crippen LogP) is 3.00. The normalized spacial score (nSPS) is 18.8. The summed E-state index contributed by atoms with van der Waals surface area (Å²) in [7, 11) is 0. The summed E-state index contributed by atoms with van der Waals surface area (Å²) in [6.45, 7) is 4.09. The summed E-state index contributed by atoms with van der Waals surface area (Å²) in [5.74, 6) is 0. The summed E-state index contributed by atoms with van der Waals surface area (Å²) in [5.41, 5.74) is 8.82. The van der Waals surface area contributed by atoms with Crippen LogP contribution in [0.25, 0.3) is 0 Å². The van der Waals surface area contributed by atoms with E-state index in [4.69, 9.17) is 5.73 Å². The molecule has 1 aliphatic carbocycles. The molecule has 0 radical (unpaired) electrons. The first-order valence-electron chi connectivity index (χ1n) is 7.25. The van der Waals surface area contributed by atoms with Crippen LogP contribution in [0, 0.1) is 0 Å². The van der Waals surface area contributed by atoms with Crippen molar-refractivity contribution in [3.8, 4) is 0 Å². The quantitative estimate of drug-likeness (QED) is 0.838. The van der Waals surface area contributed by atoms with Crippen LogP contribution >= 0.6 is 0 Å². The van der Waals surface area contributed by atoms with Crippen LogP contribution in [-0.2, 0) is 13.0 Å². The lowest BCUT2D eigenvalue weighted by atomic mass is 9.83. The van der Waals surface area contributed by atoms with Crippen molar-refractivity contribution in [2.75, 3.05) is 6.54 Å². The first-order chi connectivity index (χ1) is 8.73. The highest BCUT2D eigenvalue weighted by molar-refractivity contribution is 5.27. The molecular formula is C16H26N2. The minimum atomic E-state index is 0.371. The summed E-state index contributed by atoms with van der Waals surface area (Å²) in [6.07, 6.45) is 7.90. The Kier molecular flexibility index (Phi) is 4.79. The van der Waals surface area contributed by atoms with Crippen molar-refractivity contribution in [3.05, 3.63) is 35.4 Å². The van der Waals surface area contributed by atoms with Crippen LogP contribution in [0.15, 0.2) is 24.3 Å². The Bertz CT molecular complexity index is 367. The molecule has 1 aromatic carbocycles. The maximum Gasteiger partial charge on any atom is 0.0180 e. The molecule has 2 heteroatoms. The van der Waals surface area contributed by atoms with Crippen LogP contribution in [0.4, 0.5) is 0 Å². The number of benzene rings is 1. The molecule has 3 N–H and O–H groups in total. The molecule has 0 bridgehead atoms. The minimum Gasteiger partial charge on any atom is -0.326 e. The van der Waals surface area contributed by atoms with Gasteiger partial charge in [0.1, 0.15) is 0 Å². The molecule has 1 saturated carbocycles. The molecule has 2 nitrogen and oxygen atoms in total. The number of hydrogen-bond acceptors (Lipinski definition) is 2. The Labute approximate surface area is 111 Å². The van der Waals surface area contributed by atoms with E-state index in [0.717, 1.165) is 13.0 Å². The molecule has 0 amide bonds. The third-order valence-corrected chi connectivity index (χ3v) is 4.24. The van der Waals surface area contributed by atoms with Gasteiger partial charge in [0.05, 0.1) is 0 Å². The first kappa shape index (κ1) is 13.6. The topological polar surface area (TPSA) is 38.0 Å². The van der Waals surface area contributed by atoms with Gasteiger partial charge in [-0.2, -0.15) is 0 Å². The largest absolute Gasteiger partial charge is 0.326 e. The smallest absolute Gasteiger partial charge is 0.0180 e. The van der Waals surface area contributed by atoms with Crippen molar-refractivity contribution < 1.29 is 0 Å². The maximum atomic E-state index is 5.77. The van der Waals surface area contributed by atoms with Crippen LogP contribution in [-0.4, -0.2) is 12.1 Å². The number of nitrogens with one attached hydrogen (secondary N) is 1. The second-order valence-electron chi connectivity index (χ2n) is 5.77. The number of nitrogens with two attached hydrogens (primary N) is 1. The highest BCUT2D eigenvalue weighted by Crippen LogP contribution is 2.27. The predicted molar refractivity (Wildman–Crippen MR) is 77.5 cm³/mol. The summed E-state index contributed by atoms with van der Waals surface area (Å²) in [5, 5.41) is 3.76. The molecule has 0 unspecified atom stereocenters. The van der Waals surface area contributed by atoms with Gasteiger partial charge in [-0.3, -0.25) is 0 Å². The van der Waals surface area contributed by atoms with Gasteiger partial charge in [0.2, 0.25) is 0 Å². The van der Waals surface area contributed by atoms with Crippen molar-refractivity contribution in [1.29, 1.82) is 0 Å². The van der Waals surface area contributed by atoms with Crippen LogP contribution in [0.1, 0.15) is 50.2 Å². The fraction of sp³-hybridized carbons (Fsp3) is 0.625. The average Bonchev–Trinajstić information content (AvgIpc) is 2.40. The Hall–Kier alpha value is -0.860. The molecule has 0 aromatic heterocycles. The van der Waals surface area contributed by atoms with E-state index in [9.17, 15) is 0 Å². The fourth-order valence-electron chi connectivity index (χ4n) is 3.01. The molecule has 0 saturated heterocycles. The molecule has 18 heavy (non-hydrogen) atoms. The number of hydrogen-bond donors (Lipinski definition) is 2. The lowest BCUT2D eigenvalue weighted by Gasteiger charge is -2.35. The van der Waals surface area contributed by atoms with E-state index in [1.165, 1.54) is 43.2 Å². The van der Waals surface area contributed by atoms with Crippen LogP contribution in [0.2, 0.25) is 0 Å². The summed E-state index contributed by atoms with van der Waals surface area (Å²) in [4.78, 5) is 0. The molecule has 0 aliphatic heterocycles. The zero-order chi connectivity index (χ0) is 12.8. The van der Waals surface area contributed by atoms with Gasteiger partial charge in [-0.05, 0) is 43.9 Å². The third kappa shape index (κ3) is 3.56. The van der Waals surface area contributed by atoms with Gasteiger partial charge in [0.25, 0.3) is 0 Å². The second-order valence-corrected chi connectivity index (χ2v) is 5.77. The van der Waals surface area contributed by atoms with E-state index in [1.807, 2.05) is 0 Å². The highest BCUT2D eigenvalue weighted by Gasteiger charge is 2.25. The van der Waals surface area contributed by atoms with Gasteiger partial charge < -0.3 is 11.1 Å². The van der Waals surface area contributed by atoms with Gasteiger partial charge in [0.15, 0.2) is 0 Å². The maximum absolute atomic E-state index is 5.77. The fourth-order valence-corrected chi connectivity index (χ4v) is 3.01. The molecule has 0 atom stereocenters. The lowest BCUT2D eigenvalue weighted by molar-refractivity contribution is 0.256. The molecule has 1 aromatic rings. The van der Waals surface area contributed by atoms with E-state index in [0.29, 0.717) is 12.1 Å². The van der Waals surface area contributed by atoms with E-state index < -0.39 is 0 Å². The zero-order valence-electron chi connectivity index (χ0n) is 11.5. The Morgan fingerprint density at radius 3 is 2.44 bits per heavy atom. The summed E-state index contributed by atoms with van der Waals surface area (Å²) < 4.78 is 0. The van der Waals surface area contributed by atoms with Crippen molar-refractivity contribution >= 4 is 0 Å². The van der Waals surface area contributed by atoms with Gasteiger partial charge in [-0.15, -0.1) is 0 Å². The Morgan fingerprint density at radius 2 is 1.78 bits per heavy atom. The summed E-state index contributed by atoms with van der Waals surface area (Å²) in [6, 6.07) is 8.52. The van der Waals surface area contributed by atoms with Crippen molar-refractivity contribution in [2.24, 2.45) is 5.73 Å². The second kappa shape index (κ2) is 6.35. The average molecular weight is 246 g/mol. The molecule has 1 fully saturated rings. The molecule has 1 aliphatic rings. The Balaban J connectivity index is 1.84. The minimum absolute atomic E-state index is 0.371. The van der Waals surface area contributed by atoms with Crippen molar-refractivity contribution in [2.45, 2.75) is 57.5 Å². The monoisotopic (exact) mass is 246 g/mol. The standard InChI is InChI=1S/C16H26N2/c1-16(10-5-2-6-11-16)18-12-9-14-7-3-4-8-15(14)13-17/h3-4,7-8,18H,2,5-6,9-13,17H2,1H3. The number of rotatable bonds is 5. The zero-order valence-corrected chi connectivity index (χ0v) is 11.5. The van der Waals surface area contributed by atoms with Crippen LogP contribution in [0.3, 0.4) is 0 Å². The van der Waals surface area contributed by atoms with E-state index in [-0.39, 0.29) is 0 Å². The van der Waals surface area contributed by atoms with E-state index in [1.54, 1.807) is 0 Å². The van der Waals surface area contributed by atoms with Crippen LogP contribution in [0.5, 0.6) is 0 Å². The van der Waals surface area contributed by atoms with Crippen molar-refractivity contribution in [3.63, 3.8) is 0 Å². The van der Waals surface area contributed by atoms with E-state index >= 15 is 0 Å². The molecule has 0 heterocycles. The highest BCUT2D eigenvalue weighted by atomic mass is 15.0. The Morgan fingerprint density at radius 1 is 1.11 bits per heavy atom. The molecule has 100 valence electrons. The van der Waals surface area contributed by atoms with Gasteiger partial charge in [-0.25, -0.2) is 0 Å². The first-order valence-corrected chi connectivity index (χ1v) is 7.25. The molecule has 0 spiro atoms. The van der Waals surface area contributed by atoms with Gasteiger partial charge >= 0.3 is 0 Å². The van der Waals surface area contributed by atoms with E-state index in [2.05, 4.69) is 36.5 Å². The lowest BCUT2D eigenvalue weighted by Crippen LogP contribution is -2.44. The summed E-state index contributed by atoms with van der Waals surface area (Å²) >= 11 is 0. The SMILES string of the molecule is CC1(NCCc2ccccc2CN)CCCCC1. The molecular weight excluding hydrogens is 220 g/mol. The van der Waals surface area contributed by atoms with Crippen molar-refractivity contribution in [1.82, 2.24) is 5.32 Å².